The van der Waals surface area contributed by atoms with Gasteiger partial charge in [0.15, 0.2) is 5.54 Å². The quantitative estimate of drug-likeness (QED) is 0.514. The molecule has 4 aromatic rings. The number of rotatable bonds is 5. The van der Waals surface area contributed by atoms with Gasteiger partial charge in [0.1, 0.15) is 0 Å². The maximum absolute atomic E-state index is 4.73. The summed E-state index contributed by atoms with van der Waals surface area (Å²) in [4.78, 5) is 3.58. The minimum Gasteiger partial charge on any atom is -0.344 e. The lowest BCUT2D eigenvalue weighted by atomic mass is 9.77. The molecule has 0 unspecified atom stereocenters. The lowest BCUT2D eigenvalue weighted by Gasteiger charge is -2.34. The van der Waals surface area contributed by atoms with Gasteiger partial charge < -0.3 is 4.90 Å². The summed E-state index contributed by atoms with van der Waals surface area (Å²) in [5.74, 6) is 0.571. The van der Waals surface area contributed by atoms with Gasteiger partial charge in [-0.3, -0.25) is 0 Å². The molecule has 1 heterocycles. The third kappa shape index (κ3) is 2.87. The standard InChI is InChI=1S/C22H21N5/c1-26(2)21-23-25-27(24-21)22(18-12-6-3-7-13-18,19-14-8-4-9-15-19)20-16-10-5-11-17-20/h3-17H,1-2H3. The van der Waals surface area contributed by atoms with Gasteiger partial charge in [-0.15, -0.1) is 9.90 Å². The van der Waals surface area contributed by atoms with E-state index >= 15 is 0 Å². The van der Waals surface area contributed by atoms with Crippen molar-refractivity contribution in [3.05, 3.63) is 108 Å². The Morgan fingerprint density at radius 1 is 0.667 bits per heavy atom. The lowest BCUT2D eigenvalue weighted by molar-refractivity contribution is 0.395. The van der Waals surface area contributed by atoms with Crippen LogP contribution in [0.4, 0.5) is 5.95 Å². The van der Waals surface area contributed by atoms with Crippen molar-refractivity contribution in [1.29, 1.82) is 0 Å². The summed E-state index contributed by atoms with van der Waals surface area (Å²) in [6.45, 7) is 0. The van der Waals surface area contributed by atoms with Crippen molar-refractivity contribution in [3.63, 3.8) is 0 Å². The fourth-order valence-corrected chi connectivity index (χ4v) is 3.41. The Kier molecular flexibility index (Phi) is 4.42. The van der Waals surface area contributed by atoms with E-state index in [4.69, 9.17) is 5.10 Å². The predicted octanol–water partition coefficient (Wildman–Crippen LogP) is 3.58. The van der Waals surface area contributed by atoms with Crippen molar-refractivity contribution >= 4 is 5.95 Å². The van der Waals surface area contributed by atoms with Crippen LogP contribution in [0.3, 0.4) is 0 Å². The van der Waals surface area contributed by atoms with E-state index in [2.05, 4.69) is 46.7 Å². The average molecular weight is 355 g/mol. The molecule has 0 spiro atoms. The molecule has 5 nitrogen and oxygen atoms in total. The molecule has 134 valence electrons. The van der Waals surface area contributed by atoms with Crippen LogP contribution in [0.5, 0.6) is 0 Å². The first-order valence-electron chi connectivity index (χ1n) is 8.87. The second-order valence-corrected chi connectivity index (χ2v) is 6.58. The molecule has 0 bridgehead atoms. The smallest absolute Gasteiger partial charge is 0.265 e. The summed E-state index contributed by atoms with van der Waals surface area (Å²) in [5.41, 5.74) is 2.51. The second-order valence-electron chi connectivity index (χ2n) is 6.58. The Morgan fingerprint density at radius 2 is 1.07 bits per heavy atom. The first-order valence-corrected chi connectivity index (χ1v) is 8.87. The normalized spacial score (nSPS) is 11.3. The third-order valence-electron chi connectivity index (χ3n) is 4.68. The van der Waals surface area contributed by atoms with Crippen molar-refractivity contribution in [1.82, 2.24) is 20.2 Å². The molecular formula is C22H21N5. The lowest BCUT2D eigenvalue weighted by Crippen LogP contribution is -2.39. The van der Waals surface area contributed by atoms with Gasteiger partial charge in [-0.1, -0.05) is 96.1 Å². The average Bonchev–Trinajstić information content (AvgIpc) is 3.22. The van der Waals surface area contributed by atoms with Gasteiger partial charge in [0.05, 0.1) is 0 Å². The van der Waals surface area contributed by atoms with E-state index in [0.29, 0.717) is 5.95 Å². The molecule has 27 heavy (non-hydrogen) atoms. The summed E-state index contributed by atoms with van der Waals surface area (Å²) in [5, 5.41) is 13.5. The van der Waals surface area contributed by atoms with Gasteiger partial charge >= 0.3 is 0 Å². The summed E-state index contributed by atoms with van der Waals surface area (Å²) in [6.07, 6.45) is 0. The highest BCUT2D eigenvalue weighted by Gasteiger charge is 2.41. The molecule has 0 N–H and O–H groups in total. The number of hydrogen-bond acceptors (Lipinski definition) is 4. The maximum atomic E-state index is 4.73. The zero-order valence-corrected chi connectivity index (χ0v) is 15.4. The molecular weight excluding hydrogens is 334 g/mol. The van der Waals surface area contributed by atoms with E-state index in [1.807, 2.05) is 73.6 Å². The van der Waals surface area contributed by atoms with E-state index in [1.165, 1.54) is 0 Å². The van der Waals surface area contributed by atoms with Gasteiger partial charge in [-0.25, -0.2) is 0 Å². The van der Waals surface area contributed by atoms with Gasteiger partial charge in [-0.2, -0.15) is 0 Å². The first-order chi connectivity index (χ1) is 13.2. The van der Waals surface area contributed by atoms with Crippen LogP contribution >= 0.6 is 0 Å². The van der Waals surface area contributed by atoms with E-state index < -0.39 is 5.54 Å². The minimum absolute atomic E-state index is 0.571. The Bertz CT molecular complexity index is 898. The second kappa shape index (κ2) is 7.03. The fourth-order valence-electron chi connectivity index (χ4n) is 3.41. The molecule has 0 atom stereocenters. The van der Waals surface area contributed by atoms with Crippen LogP contribution in [0, 0.1) is 0 Å². The van der Waals surface area contributed by atoms with Crippen LogP contribution in [0.1, 0.15) is 16.7 Å². The molecule has 3 aromatic carbocycles. The predicted molar refractivity (Wildman–Crippen MR) is 107 cm³/mol. The van der Waals surface area contributed by atoms with E-state index in [9.17, 15) is 0 Å². The molecule has 1 aromatic heterocycles. The van der Waals surface area contributed by atoms with Gasteiger partial charge in [0.2, 0.25) is 0 Å². The van der Waals surface area contributed by atoms with E-state index in [1.54, 1.807) is 4.80 Å². The monoisotopic (exact) mass is 355 g/mol. The molecule has 0 amide bonds. The zero-order valence-electron chi connectivity index (χ0n) is 15.4. The molecule has 0 saturated heterocycles. The number of hydrogen-bond donors (Lipinski definition) is 0. The van der Waals surface area contributed by atoms with Crippen LogP contribution in [0.15, 0.2) is 91.0 Å². The Balaban J connectivity index is 2.09. The molecule has 0 radical (unpaired) electrons. The third-order valence-corrected chi connectivity index (χ3v) is 4.68. The highest BCUT2D eigenvalue weighted by Crippen LogP contribution is 2.39. The molecule has 4 rings (SSSR count). The zero-order chi connectivity index (χ0) is 18.7. The van der Waals surface area contributed by atoms with Gasteiger partial charge in [0.25, 0.3) is 5.95 Å². The highest BCUT2D eigenvalue weighted by molar-refractivity contribution is 5.49. The van der Waals surface area contributed by atoms with Crippen molar-refractivity contribution < 1.29 is 0 Å². The topological polar surface area (TPSA) is 46.8 Å². The van der Waals surface area contributed by atoms with E-state index in [0.717, 1.165) is 16.7 Å². The van der Waals surface area contributed by atoms with Crippen LogP contribution in [-0.2, 0) is 5.54 Å². The van der Waals surface area contributed by atoms with Crippen LogP contribution in [-0.4, -0.2) is 34.3 Å². The fraction of sp³-hybridized carbons (Fsp3) is 0.136. The summed E-state index contributed by atoms with van der Waals surface area (Å²) in [6, 6.07) is 31.0. The van der Waals surface area contributed by atoms with Crippen LogP contribution in [0.25, 0.3) is 0 Å². The Hall–Kier alpha value is -3.47. The van der Waals surface area contributed by atoms with Crippen molar-refractivity contribution in [3.8, 4) is 0 Å². The molecule has 0 aliphatic heterocycles. The Morgan fingerprint density at radius 3 is 1.41 bits per heavy atom. The van der Waals surface area contributed by atoms with Gasteiger partial charge in [0, 0.05) is 14.1 Å². The summed E-state index contributed by atoms with van der Waals surface area (Å²) >= 11 is 0. The minimum atomic E-state index is -0.717. The molecule has 0 saturated carbocycles. The number of aromatic nitrogens is 4. The summed E-state index contributed by atoms with van der Waals surface area (Å²) in [7, 11) is 3.83. The van der Waals surface area contributed by atoms with Crippen LogP contribution in [0.2, 0.25) is 0 Å². The number of anilines is 1. The van der Waals surface area contributed by atoms with Crippen molar-refractivity contribution in [2.45, 2.75) is 5.54 Å². The first kappa shape index (κ1) is 17.0. The SMILES string of the molecule is CN(C)c1nnn(C(c2ccccc2)(c2ccccc2)c2ccccc2)n1. The molecule has 0 aliphatic carbocycles. The number of benzene rings is 3. The van der Waals surface area contributed by atoms with Gasteiger partial charge in [-0.05, 0) is 21.9 Å². The number of nitrogens with zero attached hydrogens (tertiary/aromatic N) is 5. The number of tetrazole rings is 1. The summed E-state index contributed by atoms with van der Waals surface area (Å²) < 4.78 is 0. The Labute approximate surface area is 158 Å². The van der Waals surface area contributed by atoms with E-state index in [-0.39, 0.29) is 0 Å². The molecule has 5 heteroatoms. The molecule has 0 fully saturated rings. The highest BCUT2D eigenvalue weighted by atomic mass is 15.6. The maximum Gasteiger partial charge on any atom is 0.265 e. The van der Waals surface area contributed by atoms with Crippen LogP contribution < -0.4 is 4.90 Å². The molecule has 0 aliphatic rings. The van der Waals surface area contributed by atoms with Crippen molar-refractivity contribution in [2.75, 3.05) is 19.0 Å². The largest absolute Gasteiger partial charge is 0.344 e. The van der Waals surface area contributed by atoms with Crippen molar-refractivity contribution in [2.24, 2.45) is 0 Å².